The van der Waals surface area contributed by atoms with E-state index in [0.29, 0.717) is 68.1 Å². The van der Waals surface area contributed by atoms with E-state index in [1.54, 1.807) is 54.7 Å². The summed E-state index contributed by atoms with van der Waals surface area (Å²) >= 11 is 13.7. The van der Waals surface area contributed by atoms with E-state index in [9.17, 15) is 19.5 Å². The minimum Gasteiger partial charge on any atom is -0.481 e. The molecule has 5 N–H and O–H groups in total. The van der Waals surface area contributed by atoms with E-state index >= 15 is 0 Å². The maximum Gasteiger partial charge on any atom is 0.306 e. The van der Waals surface area contributed by atoms with Crippen LogP contribution in [0.2, 0.25) is 10.0 Å². The predicted molar refractivity (Wildman–Crippen MR) is 187 cm³/mol. The lowest BCUT2D eigenvalue weighted by molar-refractivity contribution is -0.143. The number of amides is 2. The Balaban J connectivity index is 1.15. The molecule has 1 fully saturated rings. The van der Waals surface area contributed by atoms with Gasteiger partial charge in [0, 0.05) is 37.0 Å². The van der Waals surface area contributed by atoms with E-state index in [4.69, 9.17) is 28.3 Å². The molecule has 256 valence electrons. The quantitative estimate of drug-likeness (QED) is 0.127. The molecule has 1 saturated heterocycles. The summed E-state index contributed by atoms with van der Waals surface area (Å²) < 4.78 is 1.88. The summed E-state index contributed by atoms with van der Waals surface area (Å²) in [5.74, 6) is -1.89. The summed E-state index contributed by atoms with van der Waals surface area (Å²) in [5, 5.41) is 32.3. The average Bonchev–Trinajstić information content (AvgIpc) is 3.56. The molecule has 49 heavy (non-hydrogen) atoms. The zero-order chi connectivity index (χ0) is 34.5. The van der Waals surface area contributed by atoms with Crippen molar-refractivity contribution in [1.82, 2.24) is 25.0 Å². The van der Waals surface area contributed by atoms with Crippen molar-refractivity contribution in [3.63, 3.8) is 0 Å². The molecule has 0 radical (unpaired) electrons. The molecule has 0 bridgehead atoms. The highest BCUT2D eigenvalue weighted by Crippen LogP contribution is 2.40. The number of rotatable bonds is 11. The Labute approximate surface area is 293 Å². The molecule has 2 aliphatic rings. The molecular weight excluding hydrogens is 669 g/mol. The van der Waals surface area contributed by atoms with Gasteiger partial charge >= 0.3 is 5.97 Å². The van der Waals surface area contributed by atoms with Crippen LogP contribution in [0, 0.1) is 5.92 Å². The normalized spacial score (nSPS) is 16.6. The second kappa shape index (κ2) is 15.5. The monoisotopic (exact) mass is 705 g/mol. The molecule has 0 aliphatic carbocycles. The van der Waals surface area contributed by atoms with E-state index in [0.717, 1.165) is 24.1 Å². The van der Waals surface area contributed by atoms with Gasteiger partial charge in [-0.1, -0.05) is 53.5 Å². The van der Waals surface area contributed by atoms with E-state index in [-0.39, 0.29) is 40.0 Å². The maximum atomic E-state index is 13.5. The molecule has 1 atom stereocenters. The van der Waals surface area contributed by atoms with Crippen molar-refractivity contribution >= 4 is 52.4 Å². The minimum absolute atomic E-state index is 0.0331. The molecule has 2 aromatic heterocycles. The Morgan fingerprint density at radius 3 is 2.10 bits per heavy atom. The van der Waals surface area contributed by atoms with Gasteiger partial charge in [0.2, 0.25) is 0 Å². The van der Waals surface area contributed by atoms with E-state index in [1.165, 1.54) is 0 Å². The molecule has 2 amide bonds. The summed E-state index contributed by atoms with van der Waals surface area (Å²) in [4.78, 5) is 44.5. The molecule has 1 unspecified atom stereocenters. The molecule has 0 spiro atoms. The van der Waals surface area contributed by atoms with Gasteiger partial charge in [0.1, 0.15) is 5.69 Å². The van der Waals surface area contributed by atoms with Crippen molar-refractivity contribution in [1.29, 1.82) is 0 Å². The average molecular weight is 707 g/mol. The lowest BCUT2D eigenvalue weighted by Gasteiger charge is -2.38. The highest BCUT2D eigenvalue weighted by molar-refractivity contribution is 6.40. The van der Waals surface area contributed by atoms with Crippen molar-refractivity contribution in [3.05, 3.63) is 93.5 Å². The number of aromatic nitrogens is 3. The number of hydrogen-bond acceptors (Lipinski definition) is 8. The van der Waals surface area contributed by atoms with E-state index < -0.39 is 17.8 Å². The first-order valence-corrected chi connectivity index (χ1v) is 17.0. The van der Waals surface area contributed by atoms with Crippen molar-refractivity contribution in [2.24, 2.45) is 5.92 Å². The van der Waals surface area contributed by atoms with Crippen LogP contribution in [0.4, 0.5) is 11.4 Å². The summed E-state index contributed by atoms with van der Waals surface area (Å²) in [6.45, 7) is 3.10. The van der Waals surface area contributed by atoms with Crippen LogP contribution in [0.25, 0.3) is 11.1 Å². The third-order valence-corrected chi connectivity index (χ3v) is 9.83. The number of fused-ring (bicyclic) bond motifs is 1. The van der Waals surface area contributed by atoms with Crippen molar-refractivity contribution < 1.29 is 24.6 Å². The Bertz CT molecular complexity index is 1840. The number of hydrogen-bond donors (Lipinski definition) is 5. The van der Waals surface area contributed by atoms with Crippen LogP contribution in [-0.4, -0.2) is 73.9 Å². The van der Waals surface area contributed by atoms with Gasteiger partial charge in [0.05, 0.1) is 45.7 Å². The number of halogens is 2. The second-order valence-corrected chi connectivity index (χ2v) is 12.9. The first-order chi connectivity index (χ1) is 23.7. The Morgan fingerprint density at radius 1 is 0.857 bits per heavy atom. The fraction of sp³-hybridized carbons (Fsp3) is 0.343. The van der Waals surface area contributed by atoms with Gasteiger partial charge in [-0.3, -0.25) is 28.9 Å². The van der Waals surface area contributed by atoms with Gasteiger partial charge in [-0.2, -0.15) is 5.10 Å². The van der Waals surface area contributed by atoms with Crippen LogP contribution in [0.5, 0.6) is 0 Å². The molecule has 4 aromatic rings. The van der Waals surface area contributed by atoms with Crippen LogP contribution in [0.15, 0.2) is 60.8 Å². The number of piperidine rings is 1. The third kappa shape index (κ3) is 7.79. The molecule has 12 nitrogen and oxygen atoms in total. The molecule has 6 rings (SSSR count). The van der Waals surface area contributed by atoms with Crippen LogP contribution in [0.3, 0.4) is 0 Å². The lowest BCUT2D eigenvalue weighted by atomic mass is 9.93. The number of aliphatic hydroxyl groups is 1. The number of carboxylic acids is 1. The van der Waals surface area contributed by atoms with Crippen molar-refractivity contribution in [3.8, 4) is 11.1 Å². The minimum atomic E-state index is -0.739. The number of nitrogens with one attached hydrogen (secondary N) is 3. The van der Waals surface area contributed by atoms with Gasteiger partial charge in [0.15, 0.2) is 5.69 Å². The van der Waals surface area contributed by atoms with Gasteiger partial charge in [-0.05, 0) is 68.6 Å². The first-order valence-electron chi connectivity index (χ1n) is 16.2. The van der Waals surface area contributed by atoms with Crippen molar-refractivity contribution in [2.75, 3.05) is 36.9 Å². The van der Waals surface area contributed by atoms with Gasteiger partial charge in [-0.15, -0.1) is 0 Å². The van der Waals surface area contributed by atoms with Crippen LogP contribution >= 0.6 is 23.2 Å². The molecule has 14 heteroatoms. The largest absolute Gasteiger partial charge is 0.481 e. The second-order valence-electron chi connectivity index (χ2n) is 12.2. The van der Waals surface area contributed by atoms with Gasteiger partial charge in [-0.25, -0.2) is 0 Å². The molecule has 0 saturated carbocycles. The number of benzene rings is 2. The molecule has 2 aromatic carbocycles. The van der Waals surface area contributed by atoms with E-state index in [2.05, 4.69) is 30.9 Å². The summed E-state index contributed by atoms with van der Waals surface area (Å²) in [7, 11) is 0. The van der Waals surface area contributed by atoms with Crippen LogP contribution < -0.4 is 16.0 Å². The van der Waals surface area contributed by atoms with Gasteiger partial charge < -0.3 is 26.2 Å². The zero-order valence-electron chi connectivity index (χ0n) is 26.7. The molecular formula is C35H37Cl2N7O5. The number of carboxylic acid groups (broad SMARTS) is 1. The molecule has 4 heterocycles. The Morgan fingerprint density at radius 2 is 1.51 bits per heavy atom. The maximum absolute atomic E-state index is 13.5. The number of likely N-dealkylation sites (tertiary alicyclic amines) is 1. The van der Waals surface area contributed by atoms with Gasteiger partial charge in [0.25, 0.3) is 11.8 Å². The topological polar surface area (TPSA) is 162 Å². The number of aryl methyl sites for hydroxylation is 1. The fourth-order valence-electron chi connectivity index (χ4n) is 6.42. The van der Waals surface area contributed by atoms with Crippen LogP contribution in [-0.2, 0) is 17.9 Å². The number of aliphatic carboxylic acids is 1. The smallest absolute Gasteiger partial charge is 0.306 e. The summed E-state index contributed by atoms with van der Waals surface area (Å²) in [5.41, 5.74) is 4.19. The Hall–Kier alpha value is -4.33. The van der Waals surface area contributed by atoms with Crippen LogP contribution in [0.1, 0.15) is 64.0 Å². The Kier molecular flexibility index (Phi) is 10.9. The number of aliphatic hydroxyl groups excluding tert-OH is 1. The number of anilines is 2. The predicted octanol–water partition coefficient (Wildman–Crippen LogP) is 5.47. The summed E-state index contributed by atoms with van der Waals surface area (Å²) in [6, 6.07) is 15.7. The highest BCUT2D eigenvalue weighted by atomic mass is 35.5. The zero-order valence-corrected chi connectivity index (χ0v) is 28.2. The third-order valence-electron chi connectivity index (χ3n) is 9.01. The lowest BCUT2D eigenvalue weighted by Crippen LogP contribution is -2.40. The molecule has 2 aliphatic heterocycles. The van der Waals surface area contributed by atoms with Crippen molar-refractivity contribution in [2.45, 2.75) is 44.8 Å². The number of carbonyl (C=O) groups excluding carboxylic acids is 2. The highest BCUT2D eigenvalue weighted by Gasteiger charge is 2.33. The number of nitrogens with zero attached hydrogens (tertiary/aromatic N) is 4. The summed E-state index contributed by atoms with van der Waals surface area (Å²) in [6.07, 6.45) is 4.65. The standard InChI is InChI=1S/C35H37Cl2N7O5/c36-31-23(4-1-6-25(31)40-33(46)27-10-9-21(20-39-27)19-38-13-17-45)24-5-2-7-26(32(24)37)41-34(47)28-18-30-29(8-3-14-44(30)42-28)43-15-11-22(12-16-43)35(48)49/h1-2,4-7,9-10,18,20,22,29,38,45H,3,8,11-17,19H2,(H,40,46)(H,41,47)(H,48,49). The first kappa shape index (κ1) is 34.5. The number of carbonyl (C=O) groups is 3. The SMILES string of the molecule is O=C(Nc1cccc(-c2cccc(NC(=O)c3cc4n(n3)CCCC4N3CCC(C(=O)O)CC3)c2Cl)c1Cl)c1ccc(CNCCO)cn1. The van der Waals surface area contributed by atoms with E-state index in [1.807, 2.05) is 10.7 Å². The number of pyridine rings is 1. The fourth-order valence-corrected chi connectivity index (χ4v) is 6.97.